The van der Waals surface area contributed by atoms with Crippen molar-refractivity contribution < 1.29 is 27.8 Å². The van der Waals surface area contributed by atoms with Gasteiger partial charge in [-0.1, -0.05) is 31.3 Å². The van der Waals surface area contributed by atoms with Crippen LogP contribution in [0.3, 0.4) is 0 Å². The number of methoxy groups -OCH3 is 2. The van der Waals surface area contributed by atoms with Crippen LogP contribution in [0.25, 0.3) is 11.3 Å². The zero-order chi connectivity index (χ0) is 23.8. The summed E-state index contributed by atoms with van der Waals surface area (Å²) < 4.78 is 43.2. The largest absolute Gasteiger partial charge is 0.481 e. The number of rotatable bonds is 7. The quantitative estimate of drug-likeness (QED) is 0.500. The lowest BCUT2D eigenvalue weighted by atomic mass is 9.89. The van der Waals surface area contributed by atoms with Gasteiger partial charge in [-0.05, 0) is 25.0 Å². The molecule has 0 saturated carbocycles. The van der Waals surface area contributed by atoms with Crippen molar-refractivity contribution in [2.24, 2.45) is 0 Å². The average molecular weight is 477 g/mol. The Balaban J connectivity index is 1.77. The molecule has 1 aromatic carbocycles. The average Bonchev–Trinajstić information content (AvgIpc) is 3.26. The fraction of sp³-hybridized carbons (Fsp3) is 0.364. The van der Waals surface area contributed by atoms with Gasteiger partial charge in [-0.3, -0.25) is 10.1 Å². The van der Waals surface area contributed by atoms with Gasteiger partial charge in [0.2, 0.25) is 11.8 Å². The van der Waals surface area contributed by atoms with Crippen LogP contribution in [0, 0.1) is 0 Å². The van der Waals surface area contributed by atoms with E-state index in [4.69, 9.17) is 14.2 Å². The number of aromatic nitrogens is 3. The van der Waals surface area contributed by atoms with Crippen LogP contribution in [0.1, 0.15) is 53.9 Å². The van der Waals surface area contributed by atoms with E-state index >= 15 is 0 Å². The van der Waals surface area contributed by atoms with E-state index in [0.29, 0.717) is 35.0 Å². The number of nitrogens with zero attached hydrogens (tertiary/aromatic N) is 3. The first-order valence-electron chi connectivity index (χ1n) is 10.2. The minimum Gasteiger partial charge on any atom is -0.481 e. The van der Waals surface area contributed by atoms with Crippen molar-refractivity contribution in [3.63, 3.8) is 0 Å². The summed E-state index contributed by atoms with van der Waals surface area (Å²) in [5, 5.41) is 3.08. The molecule has 174 valence electrons. The van der Waals surface area contributed by atoms with Crippen molar-refractivity contribution in [1.29, 1.82) is 0 Å². The topological polar surface area (TPSA) is 95.5 Å². The van der Waals surface area contributed by atoms with Crippen molar-refractivity contribution in [1.82, 2.24) is 15.0 Å². The lowest BCUT2D eigenvalue weighted by Gasteiger charge is -2.36. The molecular formula is C22H22F2N4O4S. The molecule has 11 heteroatoms. The number of thiazole rings is 1. The molecule has 0 radical (unpaired) electrons. The summed E-state index contributed by atoms with van der Waals surface area (Å²) in [6.45, 7) is 3.93. The minimum absolute atomic E-state index is 0.0335. The highest BCUT2D eigenvalue weighted by Crippen LogP contribution is 2.52. The van der Waals surface area contributed by atoms with Gasteiger partial charge in [-0.25, -0.2) is 23.7 Å². The number of amides is 1. The van der Waals surface area contributed by atoms with Crippen LogP contribution in [0.5, 0.6) is 17.5 Å². The highest BCUT2D eigenvalue weighted by Gasteiger charge is 2.41. The molecule has 3 aromatic rings. The van der Waals surface area contributed by atoms with Crippen molar-refractivity contribution in [2.45, 2.75) is 38.7 Å². The number of carbonyl (C=O) groups excluding carboxylic acids is 1. The Morgan fingerprint density at radius 2 is 1.85 bits per heavy atom. The molecule has 2 aromatic heterocycles. The molecule has 0 atom stereocenters. The van der Waals surface area contributed by atoms with Gasteiger partial charge >= 0.3 is 0 Å². The number of halogens is 2. The van der Waals surface area contributed by atoms with E-state index in [1.807, 2.05) is 13.8 Å². The number of nitrogens with one attached hydrogen (secondary N) is 1. The van der Waals surface area contributed by atoms with E-state index in [1.165, 1.54) is 44.0 Å². The molecule has 0 bridgehead atoms. The number of anilines is 1. The number of hydrogen-bond donors (Lipinski definition) is 1. The number of ether oxygens (including phenoxy) is 3. The predicted molar refractivity (Wildman–Crippen MR) is 118 cm³/mol. The van der Waals surface area contributed by atoms with E-state index in [0.717, 1.165) is 4.88 Å². The Hall–Kier alpha value is -3.34. The first-order chi connectivity index (χ1) is 15.9. The number of fused-ring (bicyclic) bond motifs is 3. The standard InChI is InChI=1S/C22H22F2N4O4S/c1-5-22(6-2)16-15(12-8-7-11(17(23)24)9-13(12)32-22)27-21(33-16)28-18(29)14-19(30-3)25-10-26-20(14)31-4/h7-10,17H,5-6H2,1-4H3,(H,27,28,29). The van der Waals surface area contributed by atoms with Gasteiger partial charge in [0.15, 0.2) is 10.7 Å². The Bertz CT molecular complexity index is 1170. The van der Waals surface area contributed by atoms with Gasteiger partial charge in [-0.15, -0.1) is 0 Å². The summed E-state index contributed by atoms with van der Waals surface area (Å²) >= 11 is 1.28. The normalized spacial score (nSPS) is 13.7. The first kappa shape index (κ1) is 22.8. The smallest absolute Gasteiger partial charge is 0.268 e. The van der Waals surface area contributed by atoms with Crippen molar-refractivity contribution in [3.05, 3.63) is 40.5 Å². The Labute approximate surface area is 193 Å². The fourth-order valence-electron chi connectivity index (χ4n) is 3.81. The SMILES string of the molecule is CCC1(CC)Oc2cc(C(F)F)ccc2-c2nc(NC(=O)c3c(OC)ncnc3OC)sc21. The molecule has 0 unspecified atom stereocenters. The lowest BCUT2D eigenvalue weighted by molar-refractivity contribution is 0.0575. The maximum atomic E-state index is 13.3. The predicted octanol–water partition coefficient (Wildman–Crippen LogP) is 5.21. The van der Waals surface area contributed by atoms with Crippen LogP contribution in [0.15, 0.2) is 24.5 Å². The molecule has 0 spiro atoms. The summed E-state index contributed by atoms with van der Waals surface area (Å²) in [6, 6.07) is 4.29. The number of alkyl halides is 2. The summed E-state index contributed by atoms with van der Waals surface area (Å²) in [5.74, 6) is -0.0779. The molecule has 0 fully saturated rings. The van der Waals surface area contributed by atoms with Crippen molar-refractivity contribution in [2.75, 3.05) is 19.5 Å². The van der Waals surface area contributed by atoms with E-state index < -0.39 is 17.9 Å². The Morgan fingerprint density at radius 1 is 1.18 bits per heavy atom. The second-order valence-electron chi connectivity index (χ2n) is 7.28. The highest BCUT2D eigenvalue weighted by atomic mass is 32.1. The van der Waals surface area contributed by atoms with Crippen LogP contribution in [0.2, 0.25) is 0 Å². The van der Waals surface area contributed by atoms with Crippen molar-refractivity contribution in [3.8, 4) is 28.8 Å². The van der Waals surface area contributed by atoms with Crippen LogP contribution >= 0.6 is 11.3 Å². The van der Waals surface area contributed by atoms with Crippen molar-refractivity contribution >= 4 is 22.4 Å². The Kier molecular flexibility index (Phi) is 6.15. The van der Waals surface area contributed by atoms with Gasteiger partial charge in [0.25, 0.3) is 12.3 Å². The summed E-state index contributed by atoms with van der Waals surface area (Å²) in [4.78, 5) is 26.4. The number of carbonyl (C=O) groups is 1. The zero-order valence-corrected chi connectivity index (χ0v) is 19.3. The molecule has 4 rings (SSSR count). The van der Waals surface area contributed by atoms with Crippen LogP contribution in [-0.2, 0) is 5.60 Å². The fourth-order valence-corrected chi connectivity index (χ4v) is 5.05. The Morgan fingerprint density at radius 3 is 2.42 bits per heavy atom. The molecule has 1 N–H and O–H groups in total. The third kappa shape index (κ3) is 3.86. The third-order valence-electron chi connectivity index (χ3n) is 5.61. The maximum Gasteiger partial charge on any atom is 0.268 e. The van der Waals surface area contributed by atoms with Crippen LogP contribution in [0.4, 0.5) is 13.9 Å². The number of hydrogen-bond acceptors (Lipinski definition) is 8. The molecule has 1 amide bonds. The molecule has 0 aliphatic carbocycles. The number of benzene rings is 1. The van der Waals surface area contributed by atoms with Gasteiger partial charge < -0.3 is 14.2 Å². The molecule has 1 aliphatic heterocycles. The van der Waals surface area contributed by atoms with Crippen LogP contribution in [-0.4, -0.2) is 35.1 Å². The molecule has 3 heterocycles. The highest BCUT2D eigenvalue weighted by molar-refractivity contribution is 7.16. The monoisotopic (exact) mass is 476 g/mol. The maximum absolute atomic E-state index is 13.3. The zero-order valence-electron chi connectivity index (χ0n) is 18.4. The first-order valence-corrected chi connectivity index (χ1v) is 11.1. The molecular weight excluding hydrogens is 454 g/mol. The van der Waals surface area contributed by atoms with E-state index in [2.05, 4.69) is 20.3 Å². The van der Waals surface area contributed by atoms with Gasteiger partial charge in [0.1, 0.15) is 17.7 Å². The molecule has 8 nitrogen and oxygen atoms in total. The summed E-state index contributed by atoms with van der Waals surface area (Å²) in [5.41, 5.74) is 0.372. The lowest BCUT2D eigenvalue weighted by Crippen LogP contribution is -2.33. The third-order valence-corrected chi connectivity index (χ3v) is 6.77. The van der Waals surface area contributed by atoms with Gasteiger partial charge in [0.05, 0.1) is 24.8 Å². The van der Waals surface area contributed by atoms with E-state index in [9.17, 15) is 13.6 Å². The van der Waals surface area contributed by atoms with E-state index in [1.54, 1.807) is 6.07 Å². The summed E-state index contributed by atoms with van der Waals surface area (Å²) in [7, 11) is 2.78. The summed E-state index contributed by atoms with van der Waals surface area (Å²) in [6.07, 6.45) is -0.187. The van der Waals surface area contributed by atoms with Crippen LogP contribution < -0.4 is 19.5 Å². The minimum atomic E-state index is -2.61. The molecule has 33 heavy (non-hydrogen) atoms. The second-order valence-corrected chi connectivity index (χ2v) is 8.28. The van der Waals surface area contributed by atoms with Gasteiger partial charge in [0, 0.05) is 11.1 Å². The molecule has 0 saturated heterocycles. The van der Waals surface area contributed by atoms with E-state index in [-0.39, 0.29) is 22.9 Å². The molecule has 1 aliphatic rings. The second kappa shape index (κ2) is 8.89. The van der Waals surface area contributed by atoms with Gasteiger partial charge in [-0.2, -0.15) is 0 Å².